The lowest BCUT2D eigenvalue weighted by Gasteiger charge is -2.13. The van der Waals surface area contributed by atoms with Gasteiger partial charge in [-0.15, -0.1) is 6.58 Å². The first-order valence-electron chi connectivity index (χ1n) is 4.96. The van der Waals surface area contributed by atoms with Crippen molar-refractivity contribution < 1.29 is 13.2 Å². The lowest BCUT2D eigenvalue weighted by molar-refractivity contribution is -0.143. The number of aromatic nitrogens is 2. The van der Waals surface area contributed by atoms with E-state index < -0.39 is 18.3 Å². The number of hydrogen-bond donors (Lipinski definition) is 1. The topological polar surface area (TPSA) is 46.9 Å². The first-order chi connectivity index (χ1) is 8.24. The van der Waals surface area contributed by atoms with E-state index in [2.05, 4.69) is 17.0 Å². The van der Waals surface area contributed by atoms with Crippen molar-refractivity contribution in [1.82, 2.24) is 9.78 Å². The Hall–Kier alpha value is -1.50. The van der Waals surface area contributed by atoms with Crippen molar-refractivity contribution >= 4 is 17.3 Å². The Morgan fingerprint density at radius 2 is 2.28 bits per heavy atom. The lowest BCUT2D eigenvalue weighted by atomic mass is 10.3. The van der Waals surface area contributed by atoms with Crippen molar-refractivity contribution in [1.29, 1.82) is 0 Å². The quantitative estimate of drug-likeness (QED) is 0.863. The van der Waals surface area contributed by atoms with Gasteiger partial charge in [0.05, 0.1) is 11.9 Å². The normalized spacial score (nSPS) is 13.2. The molecule has 1 atom stereocenters. The summed E-state index contributed by atoms with van der Waals surface area (Å²) in [6, 6.07) is -0.192. The van der Waals surface area contributed by atoms with Crippen molar-refractivity contribution in [3.05, 3.63) is 34.2 Å². The highest BCUT2D eigenvalue weighted by atomic mass is 35.5. The Balaban J connectivity index is 3.06. The molecule has 8 heteroatoms. The van der Waals surface area contributed by atoms with E-state index in [4.69, 9.17) is 11.6 Å². The van der Waals surface area contributed by atoms with Gasteiger partial charge in [-0.2, -0.15) is 18.3 Å². The third kappa shape index (κ3) is 3.76. The first kappa shape index (κ1) is 14.6. The maximum absolute atomic E-state index is 12.1. The molecule has 1 unspecified atom stereocenters. The van der Waals surface area contributed by atoms with Gasteiger partial charge in [0.1, 0.15) is 11.6 Å². The summed E-state index contributed by atoms with van der Waals surface area (Å²) in [7, 11) is 0. The Bertz CT molecular complexity index is 498. The van der Waals surface area contributed by atoms with E-state index in [0.717, 1.165) is 6.20 Å². The molecule has 0 amide bonds. The minimum Gasteiger partial charge on any atom is -0.376 e. The van der Waals surface area contributed by atoms with E-state index in [9.17, 15) is 18.0 Å². The van der Waals surface area contributed by atoms with Gasteiger partial charge < -0.3 is 5.32 Å². The number of alkyl halides is 3. The highest BCUT2D eigenvalue weighted by Crippen LogP contribution is 2.19. The minimum atomic E-state index is -4.52. The third-order valence-corrected chi connectivity index (χ3v) is 2.42. The minimum absolute atomic E-state index is 0.174. The smallest absolute Gasteiger partial charge is 0.376 e. The molecule has 0 spiro atoms. The Morgan fingerprint density at radius 1 is 1.67 bits per heavy atom. The van der Waals surface area contributed by atoms with E-state index in [-0.39, 0.29) is 21.4 Å². The molecule has 1 aromatic heterocycles. The van der Waals surface area contributed by atoms with Gasteiger partial charge in [0.25, 0.3) is 5.56 Å². The fourth-order valence-electron chi connectivity index (χ4n) is 1.15. The standard InChI is InChI=1S/C10H11ClF3N3O/c1-3-6(2)16-7-4-15-17(5-10(12,13)14)9(18)8(7)11/h3-4,6,16H,1,5H2,2H3. The summed E-state index contributed by atoms with van der Waals surface area (Å²) < 4.78 is 36.7. The molecule has 1 N–H and O–H groups in total. The molecule has 1 aromatic rings. The molecule has 0 saturated heterocycles. The van der Waals surface area contributed by atoms with E-state index >= 15 is 0 Å². The fourth-order valence-corrected chi connectivity index (χ4v) is 1.35. The second-order valence-corrected chi connectivity index (χ2v) is 4.00. The molecule has 100 valence electrons. The summed E-state index contributed by atoms with van der Waals surface area (Å²) in [5, 5.41) is 5.87. The van der Waals surface area contributed by atoms with Crippen molar-refractivity contribution in [2.45, 2.75) is 25.7 Å². The van der Waals surface area contributed by atoms with Crippen LogP contribution in [0.3, 0.4) is 0 Å². The average Bonchev–Trinajstić information content (AvgIpc) is 2.27. The molecule has 0 aliphatic carbocycles. The largest absolute Gasteiger partial charge is 0.408 e. The number of halogens is 4. The van der Waals surface area contributed by atoms with Gasteiger partial charge in [-0.05, 0) is 6.92 Å². The third-order valence-electron chi connectivity index (χ3n) is 2.05. The fraction of sp³-hybridized carbons (Fsp3) is 0.400. The molecule has 0 fully saturated rings. The van der Waals surface area contributed by atoms with Gasteiger partial charge >= 0.3 is 6.18 Å². The van der Waals surface area contributed by atoms with Crippen LogP contribution in [0.1, 0.15) is 6.92 Å². The van der Waals surface area contributed by atoms with Crippen LogP contribution in [0.2, 0.25) is 5.02 Å². The van der Waals surface area contributed by atoms with Crippen LogP contribution in [0.5, 0.6) is 0 Å². The molecule has 0 radical (unpaired) electrons. The zero-order valence-electron chi connectivity index (χ0n) is 9.46. The number of nitrogens with one attached hydrogen (secondary N) is 1. The van der Waals surface area contributed by atoms with E-state index in [1.54, 1.807) is 13.0 Å². The SMILES string of the molecule is C=CC(C)Nc1cnn(CC(F)(F)F)c(=O)c1Cl. The average molecular weight is 282 g/mol. The van der Waals surface area contributed by atoms with Gasteiger partial charge in [-0.1, -0.05) is 17.7 Å². The Kier molecular flexibility index (Phi) is 4.39. The van der Waals surface area contributed by atoms with Crippen LogP contribution < -0.4 is 10.9 Å². The lowest BCUT2D eigenvalue weighted by Crippen LogP contribution is -2.31. The van der Waals surface area contributed by atoms with Crippen LogP contribution in [-0.2, 0) is 6.54 Å². The number of nitrogens with zero attached hydrogens (tertiary/aromatic N) is 2. The van der Waals surface area contributed by atoms with Crippen LogP contribution in [0.25, 0.3) is 0 Å². The van der Waals surface area contributed by atoms with Crippen LogP contribution in [-0.4, -0.2) is 22.0 Å². The molecule has 0 aromatic carbocycles. The Morgan fingerprint density at radius 3 is 2.78 bits per heavy atom. The van der Waals surface area contributed by atoms with E-state index in [0.29, 0.717) is 0 Å². The molecule has 4 nitrogen and oxygen atoms in total. The predicted octanol–water partition coefficient (Wildman–Crippen LogP) is 2.45. The monoisotopic (exact) mass is 281 g/mol. The Labute approximate surface area is 106 Å². The molecule has 0 aliphatic rings. The number of hydrogen-bond acceptors (Lipinski definition) is 3. The number of anilines is 1. The molecule has 1 heterocycles. The van der Waals surface area contributed by atoms with Crippen molar-refractivity contribution in [2.24, 2.45) is 0 Å². The second kappa shape index (κ2) is 5.43. The van der Waals surface area contributed by atoms with Gasteiger partial charge in [0, 0.05) is 6.04 Å². The molecule has 18 heavy (non-hydrogen) atoms. The summed E-state index contributed by atoms with van der Waals surface area (Å²) in [5.74, 6) is 0. The van der Waals surface area contributed by atoms with E-state index in [1.807, 2.05) is 0 Å². The van der Waals surface area contributed by atoms with Crippen LogP contribution >= 0.6 is 11.6 Å². The second-order valence-electron chi connectivity index (χ2n) is 3.62. The zero-order valence-corrected chi connectivity index (χ0v) is 10.2. The maximum Gasteiger partial charge on any atom is 0.408 e. The van der Waals surface area contributed by atoms with E-state index in [1.165, 1.54) is 0 Å². The summed E-state index contributed by atoms with van der Waals surface area (Å²) in [6.07, 6.45) is -1.89. The van der Waals surface area contributed by atoms with Crippen molar-refractivity contribution in [3.63, 3.8) is 0 Å². The van der Waals surface area contributed by atoms with Crippen LogP contribution in [0.4, 0.5) is 18.9 Å². The zero-order chi connectivity index (χ0) is 13.9. The van der Waals surface area contributed by atoms with Crippen molar-refractivity contribution in [3.8, 4) is 0 Å². The van der Waals surface area contributed by atoms with Crippen molar-refractivity contribution in [2.75, 3.05) is 5.32 Å². The van der Waals surface area contributed by atoms with Gasteiger partial charge in [0.2, 0.25) is 0 Å². The molecular weight excluding hydrogens is 271 g/mol. The predicted molar refractivity (Wildman–Crippen MR) is 62.8 cm³/mol. The molecule has 0 aliphatic heterocycles. The summed E-state index contributed by atoms with van der Waals surface area (Å²) >= 11 is 5.69. The summed E-state index contributed by atoms with van der Waals surface area (Å²) in [4.78, 5) is 11.5. The summed E-state index contributed by atoms with van der Waals surface area (Å²) in [6.45, 7) is 3.79. The number of rotatable bonds is 4. The summed E-state index contributed by atoms with van der Waals surface area (Å²) in [5.41, 5.74) is -0.817. The molecule has 0 saturated carbocycles. The van der Waals surface area contributed by atoms with Gasteiger partial charge in [-0.25, -0.2) is 4.68 Å². The highest BCUT2D eigenvalue weighted by Gasteiger charge is 2.29. The highest BCUT2D eigenvalue weighted by molar-refractivity contribution is 6.32. The first-order valence-corrected chi connectivity index (χ1v) is 5.34. The molecular formula is C10H11ClF3N3O. The van der Waals surface area contributed by atoms with Gasteiger partial charge in [0.15, 0.2) is 0 Å². The maximum atomic E-state index is 12.1. The molecule has 1 rings (SSSR count). The molecule has 0 bridgehead atoms. The van der Waals surface area contributed by atoms with Gasteiger partial charge in [-0.3, -0.25) is 4.79 Å². The van der Waals surface area contributed by atoms with Crippen LogP contribution in [0, 0.1) is 0 Å². The van der Waals surface area contributed by atoms with Crippen LogP contribution in [0.15, 0.2) is 23.6 Å².